The lowest BCUT2D eigenvalue weighted by atomic mass is 9.75. The first-order valence-corrected chi connectivity index (χ1v) is 7.05. The molecule has 17 heavy (non-hydrogen) atoms. The van der Waals surface area contributed by atoms with Gasteiger partial charge in [0.15, 0.2) is 0 Å². The molecule has 100 valence electrons. The molecule has 2 unspecified atom stereocenters. The van der Waals surface area contributed by atoms with Crippen molar-refractivity contribution in [3.63, 3.8) is 0 Å². The molecule has 1 aliphatic carbocycles. The fourth-order valence-corrected chi connectivity index (χ4v) is 2.95. The van der Waals surface area contributed by atoms with Crippen LogP contribution in [0.4, 0.5) is 0 Å². The Kier molecular flexibility index (Phi) is 5.68. The van der Waals surface area contributed by atoms with Gasteiger partial charge in [0.05, 0.1) is 0 Å². The largest absolute Gasteiger partial charge is 0.311 e. The molecule has 0 aliphatic heterocycles. The summed E-state index contributed by atoms with van der Waals surface area (Å²) in [6.45, 7) is 10.7. The van der Waals surface area contributed by atoms with Gasteiger partial charge in [0.2, 0.25) is 0 Å². The zero-order valence-corrected chi connectivity index (χ0v) is 12.2. The van der Waals surface area contributed by atoms with Gasteiger partial charge in [0, 0.05) is 18.6 Å². The Morgan fingerprint density at radius 1 is 1.47 bits per heavy atom. The molecule has 0 spiro atoms. The highest BCUT2D eigenvalue weighted by Crippen LogP contribution is 2.35. The van der Waals surface area contributed by atoms with Crippen LogP contribution in [0.25, 0.3) is 0 Å². The predicted molar refractivity (Wildman–Crippen MR) is 76.4 cm³/mol. The molecule has 1 fully saturated rings. The average Bonchev–Trinajstić information content (AvgIpc) is 2.28. The fourth-order valence-electron chi connectivity index (χ4n) is 2.95. The molecular weight excluding hydrogens is 208 g/mol. The van der Waals surface area contributed by atoms with Crippen LogP contribution in [0.15, 0.2) is 12.2 Å². The highest BCUT2D eigenvalue weighted by atomic mass is 15.2. The Bertz CT molecular complexity index is 247. The van der Waals surface area contributed by atoms with Gasteiger partial charge in [-0.1, -0.05) is 38.8 Å². The van der Waals surface area contributed by atoms with Crippen LogP contribution >= 0.6 is 0 Å². The summed E-state index contributed by atoms with van der Waals surface area (Å²) in [6, 6.07) is 0. The molecule has 0 aromatic carbocycles. The van der Waals surface area contributed by atoms with E-state index in [-0.39, 0.29) is 0 Å². The first-order valence-electron chi connectivity index (χ1n) is 7.05. The summed E-state index contributed by atoms with van der Waals surface area (Å²) >= 11 is 0. The van der Waals surface area contributed by atoms with Crippen LogP contribution in [-0.2, 0) is 0 Å². The molecule has 1 aliphatic rings. The first kappa shape index (κ1) is 14.7. The minimum absolute atomic E-state index is 0.367. The number of nitrogens with one attached hydrogen (secondary N) is 1. The van der Waals surface area contributed by atoms with E-state index in [1.807, 2.05) is 0 Å². The lowest BCUT2D eigenvalue weighted by molar-refractivity contribution is 0.0761. The molecule has 2 atom stereocenters. The molecule has 0 saturated heterocycles. The third-order valence-corrected chi connectivity index (χ3v) is 4.35. The van der Waals surface area contributed by atoms with Crippen LogP contribution in [-0.4, -0.2) is 37.6 Å². The monoisotopic (exact) mass is 238 g/mol. The van der Waals surface area contributed by atoms with E-state index in [0.717, 1.165) is 25.4 Å². The van der Waals surface area contributed by atoms with Gasteiger partial charge in [0.1, 0.15) is 0 Å². The third-order valence-electron chi connectivity index (χ3n) is 4.35. The molecule has 0 aromatic heterocycles. The standard InChI is InChI=1S/C15H30N2/c1-6-13(2)11-16-12-15(17(4)5)9-7-8-14(3)10-15/h14,16H,2,6-12H2,1,3-5H3. The molecule has 0 radical (unpaired) electrons. The quantitative estimate of drug-likeness (QED) is 0.716. The summed E-state index contributed by atoms with van der Waals surface area (Å²) in [7, 11) is 4.46. The Hall–Kier alpha value is -0.340. The summed E-state index contributed by atoms with van der Waals surface area (Å²) in [4.78, 5) is 2.43. The maximum absolute atomic E-state index is 4.06. The topological polar surface area (TPSA) is 15.3 Å². The minimum atomic E-state index is 0.367. The summed E-state index contributed by atoms with van der Waals surface area (Å²) in [5.74, 6) is 0.863. The van der Waals surface area contributed by atoms with E-state index >= 15 is 0 Å². The van der Waals surface area contributed by atoms with Gasteiger partial charge in [-0.3, -0.25) is 0 Å². The molecular formula is C15H30N2. The van der Waals surface area contributed by atoms with Crippen molar-refractivity contribution in [1.82, 2.24) is 10.2 Å². The molecule has 0 heterocycles. The van der Waals surface area contributed by atoms with Crippen molar-refractivity contribution < 1.29 is 0 Å². The molecule has 2 nitrogen and oxygen atoms in total. The van der Waals surface area contributed by atoms with Gasteiger partial charge in [-0.2, -0.15) is 0 Å². The molecule has 1 N–H and O–H groups in total. The first-order chi connectivity index (χ1) is 8.00. The molecule has 1 saturated carbocycles. The Balaban J connectivity index is 2.50. The van der Waals surface area contributed by atoms with Gasteiger partial charge in [-0.15, -0.1) is 0 Å². The van der Waals surface area contributed by atoms with Crippen LogP contribution < -0.4 is 5.32 Å². The van der Waals surface area contributed by atoms with Gasteiger partial charge >= 0.3 is 0 Å². The second-order valence-corrected chi connectivity index (χ2v) is 6.03. The third kappa shape index (κ3) is 4.11. The van der Waals surface area contributed by atoms with Crippen molar-refractivity contribution >= 4 is 0 Å². The van der Waals surface area contributed by atoms with Crippen LogP contribution in [0, 0.1) is 5.92 Å². The van der Waals surface area contributed by atoms with Crippen LogP contribution in [0.3, 0.4) is 0 Å². The summed E-state index contributed by atoms with van der Waals surface area (Å²) in [5, 5.41) is 3.61. The molecule has 1 rings (SSSR count). The van der Waals surface area contributed by atoms with Gasteiger partial charge in [-0.25, -0.2) is 0 Å². The van der Waals surface area contributed by atoms with E-state index in [1.54, 1.807) is 0 Å². The van der Waals surface area contributed by atoms with Gasteiger partial charge in [-0.05, 0) is 39.3 Å². The lowest BCUT2D eigenvalue weighted by Gasteiger charge is -2.45. The van der Waals surface area contributed by atoms with E-state index in [4.69, 9.17) is 0 Å². The maximum atomic E-state index is 4.06. The lowest BCUT2D eigenvalue weighted by Crippen LogP contribution is -2.54. The highest BCUT2D eigenvalue weighted by molar-refractivity contribution is 4.99. The van der Waals surface area contributed by atoms with Crippen molar-refractivity contribution in [3.8, 4) is 0 Å². The van der Waals surface area contributed by atoms with Crippen LogP contribution in [0.1, 0.15) is 46.0 Å². The molecule has 0 bridgehead atoms. The summed E-state index contributed by atoms with van der Waals surface area (Å²) < 4.78 is 0. The SMILES string of the molecule is C=C(CC)CNCC1(N(C)C)CCCC(C)C1. The molecule has 2 heteroatoms. The van der Waals surface area contributed by atoms with E-state index in [9.17, 15) is 0 Å². The fraction of sp³-hybridized carbons (Fsp3) is 0.867. The van der Waals surface area contributed by atoms with E-state index in [1.165, 1.54) is 31.3 Å². The minimum Gasteiger partial charge on any atom is -0.311 e. The van der Waals surface area contributed by atoms with Gasteiger partial charge < -0.3 is 10.2 Å². The number of hydrogen-bond donors (Lipinski definition) is 1. The number of rotatable bonds is 6. The zero-order valence-electron chi connectivity index (χ0n) is 12.2. The Labute approximate surface area is 107 Å². The number of nitrogens with zero attached hydrogens (tertiary/aromatic N) is 1. The average molecular weight is 238 g/mol. The van der Waals surface area contributed by atoms with Crippen molar-refractivity contribution in [2.24, 2.45) is 5.92 Å². The van der Waals surface area contributed by atoms with Gasteiger partial charge in [0.25, 0.3) is 0 Å². The van der Waals surface area contributed by atoms with E-state index in [2.05, 4.69) is 44.7 Å². The highest BCUT2D eigenvalue weighted by Gasteiger charge is 2.36. The van der Waals surface area contributed by atoms with Crippen LogP contribution in [0.5, 0.6) is 0 Å². The summed E-state index contributed by atoms with van der Waals surface area (Å²) in [6.07, 6.45) is 6.51. The van der Waals surface area contributed by atoms with Crippen molar-refractivity contribution in [2.75, 3.05) is 27.2 Å². The Morgan fingerprint density at radius 2 is 2.18 bits per heavy atom. The predicted octanol–water partition coefficient (Wildman–Crippen LogP) is 3.05. The maximum Gasteiger partial charge on any atom is 0.0330 e. The second-order valence-electron chi connectivity index (χ2n) is 6.03. The molecule has 0 amide bonds. The van der Waals surface area contributed by atoms with Crippen molar-refractivity contribution in [3.05, 3.63) is 12.2 Å². The molecule has 0 aromatic rings. The Morgan fingerprint density at radius 3 is 2.71 bits per heavy atom. The summed E-state index contributed by atoms with van der Waals surface area (Å²) in [5.41, 5.74) is 1.67. The second kappa shape index (κ2) is 6.55. The zero-order chi connectivity index (χ0) is 12.9. The van der Waals surface area contributed by atoms with Crippen molar-refractivity contribution in [1.29, 1.82) is 0 Å². The van der Waals surface area contributed by atoms with Crippen molar-refractivity contribution in [2.45, 2.75) is 51.5 Å². The number of hydrogen-bond acceptors (Lipinski definition) is 2. The van der Waals surface area contributed by atoms with E-state index < -0.39 is 0 Å². The van der Waals surface area contributed by atoms with E-state index in [0.29, 0.717) is 5.54 Å². The smallest absolute Gasteiger partial charge is 0.0330 e. The normalized spacial score (nSPS) is 29.6. The number of likely N-dealkylation sites (N-methyl/N-ethyl adjacent to an activating group) is 1. The van der Waals surface area contributed by atoms with Crippen LogP contribution in [0.2, 0.25) is 0 Å².